The van der Waals surface area contributed by atoms with E-state index in [1.165, 1.54) is 6.07 Å². The van der Waals surface area contributed by atoms with Gasteiger partial charge in [-0.15, -0.1) is 0 Å². The molecule has 1 heterocycles. The molecular formula is C12H9F3N2O. The van der Waals surface area contributed by atoms with Crippen molar-refractivity contribution in [1.82, 2.24) is 4.98 Å². The highest BCUT2D eigenvalue weighted by Gasteiger charge is 2.38. The molecule has 0 aliphatic heterocycles. The van der Waals surface area contributed by atoms with Crippen LogP contribution >= 0.6 is 0 Å². The van der Waals surface area contributed by atoms with Crippen molar-refractivity contribution in [2.45, 2.75) is 13.1 Å². The van der Waals surface area contributed by atoms with Crippen LogP contribution in [0.2, 0.25) is 0 Å². The number of halogens is 3. The third-order valence-corrected chi connectivity index (χ3v) is 2.38. The number of amides is 1. The van der Waals surface area contributed by atoms with E-state index in [1.807, 2.05) is 5.32 Å². The summed E-state index contributed by atoms with van der Waals surface area (Å²) in [5, 5.41) is 2.31. The number of hydrogen-bond donors (Lipinski definition) is 1. The number of nitrogens with one attached hydrogen (secondary N) is 1. The number of benzene rings is 1. The zero-order valence-electron chi connectivity index (χ0n) is 9.38. The first-order valence-electron chi connectivity index (χ1n) is 5.12. The number of nitrogens with zero attached hydrogens (tertiary/aromatic N) is 1. The lowest BCUT2D eigenvalue weighted by molar-refractivity contribution is -0.167. The van der Waals surface area contributed by atoms with Gasteiger partial charge in [-0.1, -0.05) is 6.07 Å². The monoisotopic (exact) mass is 254 g/mol. The quantitative estimate of drug-likeness (QED) is 0.849. The lowest BCUT2D eigenvalue weighted by Gasteiger charge is -2.10. The Morgan fingerprint density at radius 2 is 1.94 bits per heavy atom. The third kappa shape index (κ3) is 2.42. The molecule has 0 unspecified atom stereocenters. The van der Waals surface area contributed by atoms with Gasteiger partial charge in [0.2, 0.25) is 0 Å². The Hall–Kier alpha value is -2.11. The van der Waals surface area contributed by atoms with Crippen LogP contribution < -0.4 is 5.32 Å². The highest BCUT2D eigenvalue weighted by molar-refractivity contribution is 6.02. The maximum atomic E-state index is 12.2. The second-order valence-corrected chi connectivity index (χ2v) is 3.78. The van der Waals surface area contributed by atoms with Gasteiger partial charge in [0.25, 0.3) is 0 Å². The van der Waals surface area contributed by atoms with Gasteiger partial charge in [-0.2, -0.15) is 13.2 Å². The van der Waals surface area contributed by atoms with E-state index < -0.39 is 12.1 Å². The maximum Gasteiger partial charge on any atom is 0.471 e. The summed E-state index contributed by atoms with van der Waals surface area (Å²) in [6.45, 7) is 1.78. The molecule has 0 aliphatic carbocycles. The van der Waals surface area contributed by atoms with Crippen LogP contribution in [0.1, 0.15) is 5.69 Å². The largest absolute Gasteiger partial charge is 0.471 e. The number of rotatable bonds is 1. The maximum absolute atomic E-state index is 12.2. The average Bonchev–Trinajstić information content (AvgIpc) is 2.27. The molecule has 0 bridgehead atoms. The van der Waals surface area contributed by atoms with Gasteiger partial charge in [0, 0.05) is 11.1 Å². The molecule has 0 radical (unpaired) electrons. The topological polar surface area (TPSA) is 42.0 Å². The summed E-state index contributed by atoms with van der Waals surface area (Å²) in [7, 11) is 0. The molecule has 0 saturated heterocycles. The molecule has 1 aromatic heterocycles. The Balaban J connectivity index is 2.43. The minimum Gasteiger partial charge on any atom is -0.318 e. The van der Waals surface area contributed by atoms with Gasteiger partial charge < -0.3 is 5.32 Å². The number of alkyl halides is 3. The molecule has 0 aliphatic rings. The molecule has 3 nitrogen and oxygen atoms in total. The zero-order valence-corrected chi connectivity index (χ0v) is 9.38. The van der Waals surface area contributed by atoms with Crippen LogP contribution in [0.15, 0.2) is 30.3 Å². The van der Waals surface area contributed by atoms with Gasteiger partial charge in [0.15, 0.2) is 0 Å². The fourth-order valence-electron chi connectivity index (χ4n) is 1.56. The molecule has 1 N–H and O–H groups in total. The zero-order chi connectivity index (χ0) is 13.3. The SMILES string of the molecule is Cc1ccc2c(NC(=O)C(F)(F)F)cccc2n1. The molecule has 1 aromatic carbocycles. The van der Waals surface area contributed by atoms with E-state index >= 15 is 0 Å². The van der Waals surface area contributed by atoms with Crippen molar-refractivity contribution in [3.8, 4) is 0 Å². The van der Waals surface area contributed by atoms with Crippen LogP contribution in [0.3, 0.4) is 0 Å². The summed E-state index contributed by atoms with van der Waals surface area (Å²) in [5.74, 6) is -1.99. The highest BCUT2D eigenvalue weighted by Crippen LogP contribution is 2.24. The van der Waals surface area contributed by atoms with Crippen LogP contribution in [0.5, 0.6) is 0 Å². The normalized spacial score (nSPS) is 11.6. The van der Waals surface area contributed by atoms with Gasteiger partial charge in [0.05, 0.1) is 11.2 Å². The number of hydrogen-bond acceptors (Lipinski definition) is 2. The smallest absolute Gasteiger partial charge is 0.318 e. The molecule has 0 saturated carbocycles. The standard InChI is InChI=1S/C12H9F3N2O/c1-7-5-6-8-9(16-7)3-2-4-10(8)17-11(18)12(13,14)15/h2-6H,1H3,(H,17,18). The highest BCUT2D eigenvalue weighted by atomic mass is 19.4. The first-order valence-corrected chi connectivity index (χ1v) is 5.12. The van der Waals surface area contributed by atoms with Crippen LogP contribution in [0, 0.1) is 6.92 Å². The fourth-order valence-corrected chi connectivity index (χ4v) is 1.56. The molecule has 94 valence electrons. The van der Waals surface area contributed by atoms with Crippen molar-refractivity contribution in [3.05, 3.63) is 36.0 Å². The Morgan fingerprint density at radius 1 is 1.22 bits per heavy atom. The van der Waals surface area contributed by atoms with E-state index in [2.05, 4.69) is 4.98 Å². The Bertz CT molecular complexity index is 608. The molecule has 1 amide bonds. The van der Waals surface area contributed by atoms with E-state index in [4.69, 9.17) is 0 Å². The summed E-state index contributed by atoms with van der Waals surface area (Å²) >= 11 is 0. The first-order chi connectivity index (χ1) is 8.38. The molecule has 0 spiro atoms. The first kappa shape index (κ1) is 12.3. The Kier molecular flexibility index (Phi) is 2.94. The summed E-state index contributed by atoms with van der Waals surface area (Å²) in [6, 6.07) is 7.92. The second kappa shape index (κ2) is 4.29. The van der Waals surface area contributed by atoms with Crippen molar-refractivity contribution < 1.29 is 18.0 Å². The summed E-state index contributed by atoms with van der Waals surface area (Å²) in [5.41, 5.74) is 1.39. The van der Waals surface area contributed by atoms with Crippen molar-refractivity contribution in [2.75, 3.05) is 5.32 Å². The van der Waals surface area contributed by atoms with Crippen molar-refractivity contribution in [1.29, 1.82) is 0 Å². The van der Waals surface area contributed by atoms with Gasteiger partial charge in [0.1, 0.15) is 0 Å². The molecule has 2 rings (SSSR count). The van der Waals surface area contributed by atoms with Gasteiger partial charge in [-0.05, 0) is 31.2 Å². The van der Waals surface area contributed by atoms with E-state index in [-0.39, 0.29) is 5.69 Å². The minimum atomic E-state index is -4.90. The van der Waals surface area contributed by atoms with Crippen molar-refractivity contribution in [3.63, 3.8) is 0 Å². The number of anilines is 1. The minimum absolute atomic E-state index is 0.0994. The lowest BCUT2D eigenvalue weighted by Crippen LogP contribution is -2.29. The summed E-state index contributed by atoms with van der Waals surface area (Å²) in [4.78, 5) is 15.1. The lowest BCUT2D eigenvalue weighted by atomic mass is 10.1. The van der Waals surface area contributed by atoms with Crippen LogP contribution in [-0.4, -0.2) is 17.1 Å². The predicted molar refractivity (Wildman–Crippen MR) is 61.2 cm³/mol. The number of fused-ring (bicyclic) bond motifs is 1. The van der Waals surface area contributed by atoms with E-state index in [0.29, 0.717) is 10.9 Å². The summed E-state index contributed by atoms with van der Waals surface area (Å²) < 4.78 is 36.5. The van der Waals surface area contributed by atoms with Crippen LogP contribution in [0.4, 0.5) is 18.9 Å². The van der Waals surface area contributed by atoms with Crippen molar-refractivity contribution in [2.24, 2.45) is 0 Å². The van der Waals surface area contributed by atoms with E-state index in [0.717, 1.165) is 5.69 Å². The van der Waals surface area contributed by atoms with Crippen molar-refractivity contribution >= 4 is 22.5 Å². The second-order valence-electron chi connectivity index (χ2n) is 3.78. The molecular weight excluding hydrogens is 245 g/mol. The number of pyridine rings is 1. The molecule has 0 atom stereocenters. The number of carbonyl (C=O) groups excluding carboxylic acids is 1. The van der Waals surface area contributed by atoms with E-state index in [1.54, 1.807) is 31.2 Å². The molecule has 0 fully saturated rings. The predicted octanol–water partition coefficient (Wildman–Crippen LogP) is 3.04. The average molecular weight is 254 g/mol. The number of aryl methyl sites for hydroxylation is 1. The van der Waals surface area contributed by atoms with E-state index in [9.17, 15) is 18.0 Å². The number of aromatic nitrogens is 1. The summed E-state index contributed by atoms with van der Waals surface area (Å²) in [6.07, 6.45) is -4.90. The van der Waals surface area contributed by atoms with Gasteiger partial charge in [-0.3, -0.25) is 9.78 Å². The van der Waals surface area contributed by atoms with Crippen LogP contribution in [-0.2, 0) is 4.79 Å². The third-order valence-electron chi connectivity index (χ3n) is 2.38. The molecule has 6 heteroatoms. The fraction of sp³-hybridized carbons (Fsp3) is 0.167. The van der Waals surface area contributed by atoms with Gasteiger partial charge in [-0.25, -0.2) is 0 Å². The Morgan fingerprint density at radius 3 is 2.61 bits per heavy atom. The Labute approximate surface area is 101 Å². The van der Waals surface area contributed by atoms with Gasteiger partial charge >= 0.3 is 12.1 Å². The molecule has 18 heavy (non-hydrogen) atoms. The van der Waals surface area contributed by atoms with Crippen LogP contribution in [0.25, 0.3) is 10.9 Å². The molecule has 2 aromatic rings. The number of carbonyl (C=O) groups is 1.